The second-order valence-corrected chi connectivity index (χ2v) is 5.60. The Labute approximate surface area is 108 Å². The molecule has 0 radical (unpaired) electrons. The summed E-state index contributed by atoms with van der Waals surface area (Å²) in [6.45, 7) is 4.04. The summed E-state index contributed by atoms with van der Waals surface area (Å²) in [5.74, 6) is 0. The predicted molar refractivity (Wildman–Crippen MR) is 72.6 cm³/mol. The highest BCUT2D eigenvalue weighted by Crippen LogP contribution is 2.30. The molecule has 1 atom stereocenters. The van der Waals surface area contributed by atoms with Gasteiger partial charge in [-0.05, 0) is 31.5 Å². The molecule has 0 saturated carbocycles. The lowest BCUT2D eigenvalue weighted by Gasteiger charge is -2.03. The van der Waals surface area contributed by atoms with E-state index in [1.807, 2.05) is 18.4 Å². The number of benzene rings is 1. The van der Waals surface area contributed by atoms with Crippen LogP contribution in [0.4, 0.5) is 0 Å². The molecule has 2 nitrogen and oxygen atoms in total. The fourth-order valence-electron chi connectivity index (χ4n) is 1.44. The molecule has 0 saturated heterocycles. The molecule has 0 spiro atoms. The summed E-state index contributed by atoms with van der Waals surface area (Å²) in [5.41, 5.74) is 9.17. The van der Waals surface area contributed by atoms with Crippen LogP contribution in [-0.2, 0) is 0 Å². The minimum Gasteiger partial charge on any atom is -0.323 e. The number of hydrogen-bond acceptors (Lipinski definition) is 3. The Balaban J connectivity index is 2.46. The summed E-state index contributed by atoms with van der Waals surface area (Å²) in [5, 5.41) is 3.06. The molecule has 0 fully saturated rings. The number of aryl methyl sites for hydroxylation is 1. The van der Waals surface area contributed by atoms with Gasteiger partial charge in [0.15, 0.2) is 0 Å². The topological polar surface area (TPSA) is 38.9 Å². The van der Waals surface area contributed by atoms with E-state index in [2.05, 4.69) is 40.0 Å². The number of thiazole rings is 1. The van der Waals surface area contributed by atoms with Crippen LogP contribution < -0.4 is 5.73 Å². The van der Waals surface area contributed by atoms with E-state index in [-0.39, 0.29) is 6.04 Å². The normalized spacial score (nSPS) is 12.8. The Kier molecular flexibility index (Phi) is 3.42. The zero-order chi connectivity index (χ0) is 11.7. The van der Waals surface area contributed by atoms with Gasteiger partial charge in [-0.2, -0.15) is 0 Å². The average molecular weight is 297 g/mol. The lowest BCUT2D eigenvalue weighted by Crippen LogP contribution is -2.04. The van der Waals surface area contributed by atoms with Crippen molar-refractivity contribution in [2.24, 2.45) is 5.73 Å². The molecule has 2 aromatic rings. The van der Waals surface area contributed by atoms with Crippen molar-refractivity contribution in [3.63, 3.8) is 0 Å². The number of rotatable bonds is 2. The van der Waals surface area contributed by atoms with E-state index in [0.717, 1.165) is 15.2 Å². The van der Waals surface area contributed by atoms with Gasteiger partial charge in [-0.3, -0.25) is 0 Å². The molecular weight excluding hydrogens is 284 g/mol. The number of nitrogens with two attached hydrogens (primary N) is 1. The highest BCUT2D eigenvalue weighted by molar-refractivity contribution is 9.10. The average Bonchev–Trinajstić information content (AvgIpc) is 2.70. The van der Waals surface area contributed by atoms with Crippen LogP contribution in [0.15, 0.2) is 28.1 Å². The molecule has 16 heavy (non-hydrogen) atoms. The van der Waals surface area contributed by atoms with E-state index in [1.54, 1.807) is 11.3 Å². The Morgan fingerprint density at radius 3 is 2.81 bits per heavy atom. The molecule has 1 unspecified atom stereocenters. The largest absolute Gasteiger partial charge is 0.323 e. The smallest absolute Gasteiger partial charge is 0.123 e. The van der Waals surface area contributed by atoms with Crippen LogP contribution in [0, 0.1) is 6.92 Å². The van der Waals surface area contributed by atoms with Crippen LogP contribution in [0.2, 0.25) is 0 Å². The monoisotopic (exact) mass is 296 g/mol. The van der Waals surface area contributed by atoms with Gasteiger partial charge >= 0.3 is 0 Å². The van der Waals surface area contributed by atoms with Gasteiger partial charge in [-0.25, -0.2) is 4.98 Å². The van der Waals surface area contributed by atoms with Gasteiger partial charge in [0.2, 0.25) is 0 Å². The van der Waals surface area contributed by atoms with Gasteiger partial charge in [-0.15, -0.1) is 11.3 Å². The van der Waals surface area contributed by atoms with Crippen LogP contribution in [-0.4, -0.2) is 4.98 Å². The SMILES string of the molecule is Cc1ccc(Br)cc1-c1nc(C(C)N)cs1. The Morgan fingerprint density at radius 2 is 2.19 bits per heavy atom. The Morgan fingerprint density at radius 1 is 1.44 bits per heavy atom. The number of aromatic nitrogens is 1. The van der Waals surface area contributed by atoms with Gasteiger partial charge in [0, 0.05) is 21.5 Å². The zero-order valence-corrected chi connectivity index (χ0v) is 11.6. The summed E-state index contributed by atoms with van der Waals surface area (Å²) in [7, 11) is 0. The summed E-state index contributed by atoms with van der Waals surface area (Å²) in [6, 6.07) is 6.22. The lowest BCUT2D eigenvalue weighted by molar-refractivity contribution is 0.790. The first-order chi connectivity index (χ1) is 7.58. The third-order valence-electron chi connectivity index (χ3n) is 2.42. The molecule has 0 aliphatic heterocycles. The quantitative estimate of drug-likeness (QED) is 0.913. The molecule has 0 aliphatic carbocycles. The maximum Gasteiger partial charge on any atom is 0.123 e. The summed E-state index contributed by atoms with van der Waals surface area (Å²) in [4.78, 5) is 4.55. The molecule has 2 rings (SSSR count). The minimum absolute atomic E-state index is 0.00235. The van der Waals surface area contributed by atoms with Crippen molar-refractivity contribution >= 4 is 27.3 Å². The molecule has 0 amide bonds. The molecule has 84 valence electrons. The summed E-state index contributed by atoms with van der Waals surface area (Å²) in [6.07, 6.45) is 0. The maximum atomic E-state index is 5.81. The van der Waals surface area contributed by atoms with Crippen LogP contribution in [0.25, 0.3) is 10.6 Å². The van der Waals surface area contributed by atoms with E-state index < -0.39 is 0 Å². The summed E-state index contributed by atoms with van der Waals surface area (Å²) < 4.78 is 1.07. The van der Waals surface area contributed by atoms with Gasteiger partial charge in [0.05, 0.1) is 5.69 Å². The molecular formula is C12H13BrN2S. The van der Waals surface area contributed by atoms with Gasteiger partial charge < -0.3 is 5.73 Å². The van der Waals surface area contributed by atoms with Crippen LogP contribution in [0.5, 0.6) is 0 Å². The van der Waals surface area contributed by atoms with E-state index >= 15 is 0 Å². The standard InChI is InChI=1S/C12H13BrN2S/c1-7-3-4-9(13)5-10(7)12-15-11(6-16-12)8(2)14/h3-6,8H,14H2,1-2H3. The van der Waals surface area contributed by atoms with Crippen LogP contribution >= 0.6 is 27.3 Å². The molecule has 2 N–H and O–H groups in total. The predicted octanol–water partition coefficient (Wildman–Crippen LogP) is 3.90. The van der Waals surface area contributed by atoms with Crippen LogP contribution in [0.1, 0.15) is 24.2 Å². The fourth-order valence-corrected chi connectivity index (χ4v) is 2.81. The molecule has 1 heterocycles. The fraction of sp³-hybridized carbons (Fsp3) is 0.250. The molecule has 4 heteroatoms. The number of halogens is 1. The maximum absolute atomic E-state index is 5.81. The highest BCUT2D eigenvalue weighted by Gasteiger charge is 2.09. The number of nitrogens with zero attached hydrogens (tertiary/aromatic N) is 1. The summed E-state index contributed by atoms with van der Waals surface area (Å²) >= 11 is 5.12. The molecule has 0 aliphatic rings. The highest BCUT2D eigenvalue weighted by atomic mass is 79.9. The van der Waals surface area contributed by atoms with Gasteiger partial charge in [-0.1, -0.05) is 22.0 Å². The van der Waals surface area contributed by atoms with Crippen molar-refractivity contribution in [2.45, 2.75) is 19.9 Å². The third-order valence-corrected chi connectivity index (χ3v) is 3.81. The molecule has 0 bridgehead atoms. The first kappa shape index (κ1) is 11.8. The van der Waals surface area contributed by atoms with Crippen molar-refractivity contribution in [1.82, 2.24) is 4.98 Å². The first-order valence-corrected chi connectivity index (χ1v) is 6.72. The van der Waals surface area contributed by atoms with Crippen molar-refractivity contribution in [3.05, 3.63) is 39.3 Å². The van der Waals surface area contributed by atoms with Gasteiger partial charge in [0.1, 0.15) is 5.01 Å². The van der Waals surface area contributed by atoms with Gasteiger partial charge in [0.25, 0.3) is 0 Å². The first-order valence-electron chi connectivity index (χ1n) is 5.05. The van der Waals surface area contributed by atoms with E-state index in [1.165, 1.54) is 11.1 Å². The van der Waals surface area contributed by atoms with Crippen molar-refractivity contribution in [2.75, 3.05) is 0 Å². The Bertz CT molecular complexity index is 505. The van der Waals surface area contributed by atoms with E-state index in [0.29, 0.717) is 0 Å². The minimum atomic E-state index is -0.00235. The van der Waals surface area contributed by atoms with Crippen LogP contribution in [0.3, 0.4) is 0 Å². The Hall–Kier alpha value is -0.710. The lowest BCUT2D eigenvalue weighted by atomic mass is 10.1. The van der Waals surface area contributed by atoms with Crippen molar-refractivity contribution < 1.29 is 0 Å². The van der Waals surface area contributed by atoms with Crippen molar-refractivity contribution in [1.29, 1.82) is 0 Å². The third kappa shape index (κ3) is 2.34. The van der Waals surface area contributed by atoms with E-state index in [4.69, 9.17) is 5.73 Å². The number of hydrogen-bond donors (Lipinski definition) is 1. The second-order valence-electron chi connectivity index (χ2n) is 3.83. The molecule has 1 aromatic heterocycles. The second kappa shape index (κ2) is 4.65. The molecule has 1 aromatic carbocycles. The zero-order valence-electron chi connectivity index (χ0n) is 9.20. The van der Waals surface area contributed by atoms with Crippen molar-refractivity contribution in [3.8, 4) is 10.6 Å². The van der Waals surface area contributed by atoms with E-state index in [9.17, 15) is 0 Å².